The molecule has 1 atom stereocenters. The molecule has 1 aliphatic rings. The molecule has 0 heterocycles. The van der Waals surface area contributed by atoms with E-state index in [9.17, 15) is 4.79 Å². The number of rotatable bonds is 5. The Morgan fingerprint density at radius 2 is 2.05 bits per heavy atom. The van der Waals surface area contributed by atoms with Gasteiger partial charge in [-0.05, 0) is 36.5 Å². The summed E-state index contributed by atoms with van der Waals surface area (Å²) in [5.41, 5.74) is 6.76. The Balaban J connectivity index is 0.00000180. The number of carbonyl (C=O) groups excluding carboxylic acids is 1. The molecule has 1 aliphatic carbocycles. The molecule has 6 heteroatoms. The Bertz CT molecular complexity index is 450. The lowest BCUT2D eigenvalue weighted by Gasteiger charge is -2.11. The van der Waals surface area contributed by atoms with Crippen LogP contribution in [0.3, 0.4) is 0 Å². The SMILES string of the molecule is Cl.NC(CNC(=O)Cc1ccc(Cl)c(Cl)c1)C1CC1. The third kappa shape index (κ3) is 5.19. The molecule has 2 rings (SSSR count). The lowest BCUT2D eigenvalue weighted by molar-refractivity contribution is -0.120. The minimum absolute atomic E-state index is 0. The fraction of sp³-hybridized carbons (Fsp3) is 0.462. The van der Waals surface area contributed by atoms with E-state index < -0.39 is 0 Å². The zero-order valence-corrected chi connectivity index (χ0v) is 12.7. The lowest BCUT2D eigenvalue weighted by Crippen LogP contribution is -2.39. The van der Waals surface area contributed by atoms with Crippen molar-refractivity contribution in [2.75, 3.05) is 6.54 Å². The van der Waals surface area contributed by atoms with Crippen molar-refractivity contribution >= 4 is 41.5 Å². The van der Waals surface area contributed by atoms with E-state index in [1.54, 1.807) is 18.2 Å². The number of hydrogen-bond acceptors (Lipinski definition) is 2. The van der Waals surface area contributed by atoms with Gasteiger partial charge in [-0.25, -0.2) is 0 Å². The summed E-state index contributed by atoms with van der Waals surface area (Å²) in [5.74, 6) is 0.555. The second-order valence-corrected chi connectivity index (χ2v) is 5.54. The number of nitrogens with two attached hydrogens (primary N) is 1. The second kappa shape index (κ2) is 7.34. The van der Waals surface area contributed by atoms with Gasteiger partial charge in [0.25, 0.3) is 0 Å². The third-order valence-electron chi connectivity index (χ3n) is 3.11. The van der Waals surface area contributed by atoms with Gasteiger partial charge in [-0.3, -0.25) is 4.79 Å². The van der Waals surface area contributed by atoms with E-state index in [1.807, 2.05) is 0 Å². The highest BCUT2D eigenvalue weighted by Gasteiger charge is 2.28. The van der Waals surface area contributed by atoms with Crippen LogP contribution in [0.5, 0.6) is 0 Å². The first-order valence-corrected chi connectivity index (χ1v) is 6.78. The van der Waals surface area contributed by atoms with E-state index in [2.05, 4.69) is 5.32 Å². The van der Waals surface area contributed by atoms with Crippen molar-refractivity contribution in [1.82, 2.24) is 5.32 Å². The number of nitrogens with one attached hydrogen (secondary N) is 1. The number of hydrogen-bond donors (Lipinski definition) is 2. The molecule has 3 nitrogen and oxygen atoms in total. The minimum atomic E-state index is -0.0375. The molecule has 0 aliphatic heterocycles. The molecule has 19 heavy (non-hydrogen) atoms. The Labute approximate surface area is 129 Å². The van der Waals surface area contributed by atoms with Crippen LogP contribution in [0.4, 0.5) is 0 Å². The van der Waals surface area contributed by atoms with Crippen LogP contribution in [0, 0.1) is 5.92 Å². The third-order valence-corrected chi connectivity index (χ3v) is 3.85. The Hall–Kier alpha value is -0.480. The number of amides is 1. The van der Waals surface area contributed by atoms with Crippen LogP contribution < -0.4 is 11.1 Å². The average Bonchev–Trinajstić information content (AvgIpc) is 3.15. The van der Waals surface area contributed by atoms with Gasteiger partial charge in [-0.2, -0.15) is 0 Å². The Morgan fingerprint density at radius 1 is 1.37 bits per heavy atom. The molecule has 1 aromatic carbocycles. The van der Waals surface area contributed by atoms with Crippen LogP contribution in [0.2, 0.25) is 10.0 Å². The Kier molecular flexibility index (Phi) is 6.40. The highest BCUT2D eigenvalue weighted by Crippen LogP contribution is 2.31. The lowest BCUT2D eigenvalue weighted by atomic mass is 10.1. The summed E-state index contributed by atoms with van der Waals surface area (Å²) in [6.07, 6.45) is 2.67. The van der Waals surface area contributed by atoms with Gasteiger partial charge in [0, 0.05) is 12.6 Å². The van der Waals surface area contributed by atoms with Gasteiger partial charge in [0.15, 0.2) is 0 Å². The maximum atomic E-state index is 11.7. The first-order valence-electron chi connectivity index (χ1n) is 6.02. The summed E-state index contributed by atoms with van der Waals surface area (Å²) < 4.78 is 0. The van der Waals surface area contributed by atoms with E-state index in [1.165, 1.54) is 12.8 Å². The van der Waals surface area contributed by atoms with Gasteiger partial charge in [-0.15, -0.1) is 12.4 Å². The molecule has 106 valence electrons. The summed E-state index contributed by atoms with van der Waals surface area (Å²) in [6, 6.07) is 5.30. The average molecular weight is 324 g/mol. The fourth-order valence-electron chi connectivity index (χ4n) is 1.82. The maximum Gasteiger partial charge on any atom is 0.224 e. The summed E-state index contributed by atoms with van der Waals surface area (Å²) in [7, 11) is 0. The maximum absolute atomic E-state index is 11.7. The van der Waals surface area contributed by atoms with Crippen molar-refractivity contribution in [1.29, 1.82) is 0 Å². The van der Waals surface area contributed by atoms with E-state index >= 15 is 0 Å². The molecule has 1 aromatic rings. The second-order valence-electron chi connectivity index (χ2n) is 4.73. The van der Waals surface area contributed by atoms with Gasteiger partial charge < -0.3 is 11.1 Å². The van der Waals surface area contributed by atoms with Crippen molar-refractivity contribution in [2.45, 2.75) is 25.3 Å². The van der Waals surface area contributed by atoms with Crippen LogP contribution in [0.15, 0.2) is 18.2 Å². The first kappa shape index (κ1) is 16.6. The molecule has 0 aromatic heterocycles. The predicted molar refractivity (Wildman–Crippen MR) is 81.1 cm³/mol. The molecule has 0 spiro atoms. The predicted octanol–water partition coefficient (Wildman–Crippen LogP) is 2.81. The summed E-state index contributed by atoms with van der Waals surface area (Å²) in [4.78, 5) is 11.7. The van der Waals surface area contributed by atoms with Crippen LogP contribution in [0.25, 0.3) is 0 Å². The van der Waals surface area contributed by atoms with E-state index in [4.69, 9.17) is 28.9 Å². The van der Waals surface area contributed by atoms with Crippen LogP contribution in [0.1, 0.15) is 18.4 Å². The number of carbonyl (C=O) groups is 1. The quantitative estimate of drug-likeness (QED) is 0.875. The van der Waals surface area contributed by atoms with Crippen molar-refractivity contribution in [3.05, 3.63) is 33.8 Å². The summed E-state index contributed by atoms with van der Waals surface area (Å²) >= 11 is 11.7. The van der Waals surface area contributed by atoms with Crippen molar-refractivity contribution in [2.24, 2.45) is 11.7 Å². The molecule has 1 saturated carbocycles. The standard InChI is InChI=1S/C13H16Cl2N2O.ClH/c14-10-4-1-8(5-11(10)15)6-13(18)17-7-12(16)9-2-3-9;/h1,4-5,9,12H,2-3,6-7,16H2,(H,17,18);1H. The topological polar surface area (TPSA) is 55.1 Å². The van der Waals surface area contributed by atoms with Crippen molar-refractivity contribution < 1.29 is 4.79 Å². The smallest absolute Gasteiger partial charge is 0.224 e. The molecular formula is C13H17Cl3N2O. The van der Waals surface area contributed by atoms with Gasteiger partial charge in [0.1, 0.15) is 0 Å². The largest absolute Gasteiger partial charge is 0.354 e. The van der Waals surface area contributed by atoms with Crippen molar-refractivity contribution in [3.8, 4) is 0 Å². The van der Waals surface area contributed by atoms with Gasteiger partial charge in [0.2, 0.25) is 5.91 Å². The van der Waals surface area contributed by atoms with E-state index in [-0.39, 0.29) is 24.4 Å². The molecular weight excluding hydrogens is 307 g/mol. The van der Waals surface area contributed by atoms with E-state index in [0.717, 1.165) is 5.56 Å². The molecule has 3 N–H and O–H groups in total. The van der Waals surface area contributed by atoms with Gasteiger partial charge >= 0.3 is 0 Å². The molecule has 1 unspecified atom stereocenters. The molecule has 1 amide bonds. The zero-order valence-electron chi connectivity index (χ0n) is 10.4. The summed E-state index contributed by atoms with van der Waals surface area (Å²) in [6.45, 7) is 0.546. The van der Waals surface area contributed by atoms with Crippen LogP contribution in [-0.4, -0.2) is 18.5 Å². The molecule has 0 saturated heterocycles. The highest BCUT2D eigenvalue weighted by molar-refractivity contribution is 6.42. The van der Waals surface area contributed by atoms with Gasteiger partial charge in [0.05, 0.1) is 16.5 Å². The van der Waals surface area contributed by atoms with Crippen LogP contribution in [-0.2, 0) is 11.2 Å². The number of benzene rings is 1. The molecule has 0 bridgehead atoms. The monoisotopic (exact) mass is 322 g/mol. The summed E-state index contributed by atoms with van der Waals surface area (Å²) in [5, 5.41) is 3.81. The van der Waals surface area contributed by atoms with E-state index in [0.29, 0.717) is 28.9 Å². The normalized spacial score (nSPS) is 15.5. The molecule has 0 radical (unpaired) electrons. The Morgan fingerprint density at radius 3 is 2.63 bits per heavy atom. The first-order chi connectivity index (χ1) is 8.56. The van der Waals surface area contributed by atoms with Crippen molar-refractivity contribution in [3.63, 3.8) is 0 Å². The molecule has 1 fully saturated rings. The highest BCUT2D eigenvalue weighted by atomic mass is 35.5. The zero-order chi connectivity index (χ0) is 13.1. The van der Waals surface area contributed by atoms with Gasteiger partial charge in [-0.1, -0.05) is 29.3 Å². The van der Waals surface area contributed by atoms with Crippen LogP contribution >= 0.6 is 35.6 Å². The minimum Gasteiger partial charge on any atom is -0.354 e. The number of halogens is 3. The fourth-order valence-corrected chi connectivity index (χ4v) is 2.14.